The summed E-state index contributed by atoms with van der Waals surface area (Å²) in [5.41, 5.74) is -1.08. The van der Waals surface area contributed by atoms with Crippen molar-refractivity contribution in [2.24, 2.45) is 0 Å². The van der Waals surface area contributed by atoms with Crippen LogP contribution in [0.25, 0.3) is 0 Å². The van der Waals surface area contributed by atoms with Crippen LogP contribution in [-0.2, 0) is 4.79 Å². The summed E-state index contributed by atoms with van der Waals surface area (Å²) in [7, 11) is 0.864. The van der Waals surface area contributed by atoms with Crippen LogP contribution in [0.15, 0.2) is 22.4 Å². The van der Waals surface area contributed by atoms with Gasteiger partial charge in [0.25, 0.3) is 0 Å². The van der Waals surface area contributed by atoms with Gasteiger partial charge in [-0.15, -0.1) is 0 Å². The van der Waals surface area contributed by atoms with Gasteiger partial charge in [0, 0.05) is 17.2 Å². The van der Waals surface area contributed by atoms with Crippen molar-refractivity contribution >= 4 is 25.2 Å². The third-order valence-corrected chi connectivity index (χ3v) is 1.97. The lowest BCUT2D eigenvalue weighted by Gasteiger charge is -2.12. The van der Waals surface area contributed by atoms with Gasteiger partial charge in [-0.3, -0.25) is 0 Å². The number of alkyl halides is 3. The van der Waals surface area contributed by atoms with Gasteiger partial charge in [0.2, 0.25) is 0 Å². The van der Waals surface area contributed by atoms with Gasteiger partial charge in [-0.25, -0.2) is 0 Å². The Balaban J connectivity index is 2.84. The van der Waals surface area contributed by atoms with Crippen LogP contribution in [-0.4, -0.2) is 19.8 Å². The Morgan fingerprint density at radius 2 is 2.21 bits per heavy atom. The first kappa shape index (κ1) is 11.2. The van der Waals surface area contributed by atoms with Crippen molar-refractivity contribution in [3.05, 3.63) is 22.4 Å². The fraction of sp³-hybridized carbons (Fsp3) is 0.286. The van der Waals surface area contributed by atoms with E-state index in [1.807, 2.05) is 0 Å². The van der Waals surface area contributed by atoms with Crippen molar-refractivity contribution in [2.75, 3.05) is 0 Å². The standard InChI is InChI=1S/C7H5BClF3NO/c9-5-2-1-4(7(10,11)12)6(5)13-8-3-14/h1,3,13H,2H2. The molecule has 0 saturated heterocycles. The molecule has 1 aliphatic rings. The first-order valence-corrected chi connectivity index (χ1v) is 4.04. The second-order valence-electron chi connectivity index (χ2n) is 2.55. The van der Waals surface area contributed by atoms with Crippen LogP contribution in [0.4, 0.5) is 13.2 Å². The molecule has 7 heteroatoms. The Labute approximate surface area is 84.1 Å². The average molecular weight is 222 g/mol. The van der Waals surface area contributed by atoms with Crippen molar-refractivity contribution in [1.29, 1.82) is 0 Å². The Bertz CT molecular complexity index is 311. The highest BCUT2D eigenvalue weighted by atomic mass is 35.5. The van der Waals surface area contributed by atoms with Gasteiger partial charge in [0.05, 0.1) is 5.57 Å². The van der Waals surface area contributed by atoms with E-state index < -0.39 is 11.7 Å². The lowest BCUT2D eigenvalue weighted by atomic mass is 9.97. The van der Waals surface area contributed by atoms with Crippen LogP contribution >= 0.6 is 11.6 Å². The van der Waals surface area contributed by atoms with Gasteiger partial charge >= 0.3 is 13.6 Å². The molecule has 14 heavy (non-hydrogen) atoms. The lowest BCUT2D eigenvalue weighted by molar-refractivity contribution is -0.0894. The fourth-order valence-corrected chi connectivity index (χ4v) is 1.31. The Morgan fingerprint density at radius 3 is 2.71 bits per heavy atom. The van der Waals surface area contributed by atoms with E-state index in [4.69, 9.17) is 11.6 Å². The smallest absolute Gasteiger partial charge is 0.418 e. The first-order chi connectivity index (χ1) is 6.46. The van der Waals surface area contributed by atoms with Crippen molar-refractivity contribution in [1.82, 2.24) is 5.23 Å². The topological polar surface area (TPSA) is 29.1 Å². The van der Waals surface area contributed by atoms with Crippen LogP contribution in [0.1, 0.15) is 6.42 Å². The summed E-state index contributed by atoms with van der Waals surface area (Å²) in [6.45, 7) is 0. The molecule has 0 aromatic carbocycles. The van der Waals surface area contributed by atoms with E-state index in [1.54, 1.807) is 0 Å². The molecule has 0 heterocycles. The molecule has 0 aromatic rings. The van der Waals surface area contributed by atoms with Crippen LogP contribution < -0.4 is 5.23 Å². The molecule has 0 fully saturated rings. The van der Waals surface area contributed by atoms with E-state index in [0.29, 0.717) is 6.19 Å². The van der Waals surface area contributed by atoms with Crippen LogP contribution in [0, 0.1) is 0 Å². The van der Waals surface area contributed by atoms with Crippen LogP contribution in [0.5, 0.6) is 0 Å². The molecule has 0 atom stereocenters. The number of allylic oxidation sites excluding steroid dienone is 3. The molecule has 1 aliphatic carbocycles. The summed E-state index contributed by atoms with van der Waals surface area (Å²) in [4.78, 5) is 9.94. The molecule has 0 spiro atoms. The molecule has 2 nitrogen and oxygen atoms in total. The molecular weight excluding hydrogens is 217 g/mol. The van der Waals surface area contributed by atoms with E-state index in [0.717, 1.165) is 13.5 Å². The number of carbonyl (C=O) groups excluding carboxylic acids is 1. The Morgan fingerprint density at radius 1 is 1.57 bits per heavy atom. The van der Waals surface area contributed by atoms with E-state index in [9.17, 15) is 18.0 Å². The van der Waals surface area contributed by atoms with Gasteiger partial charge in [-0.05, 0) is 0 Å². The molecule has 1 rings (SSSR count). The van der Waals surface area contributed by atoms with E-state index in [2.05, 4.69) is 5.23 Å². The zero-order valence-corrected chi connectivity index (χ0v) is 7.62. The molecule has 0 aliphatic heterocycles. The largest absolute Gasteiger partial charge is 0.424 e. The summed E-state index contributed by atoms with van der Waals surface area (Å²) in [6, 6.07) is 0. The van der Waals surface area contributed by atoms with Crippen molar-refractivity contribution in [3.8, 4) is 0 Å². The normalized spacial score (nSPS) is 16.7. The molecule has 1 N–H and O–H groups in total. The second-order valence-corrected chi connectivity index (χ2v) is 3.00. The van der Waals surface area contributed by atoms with Gasteiger partial charge in [0.15, 0.2) is 0 Å². The minimum atomic E-state index is -4.45. The predicted octanol–water partition coefficient (Wildman–Crippen LogP) is 1.73. The molecule has 0 bridgehead atoms. The first-order valence-electron chi connectivity index (χ1n) is 3.66. The molecule has 75 valence electrons. The number of hydrogen-bond donors (Lipinski definition) is 1. The number of halogens is 4. The molecule has 0 saturated carbocycles. The highest BCUT2D eigenvalue weighted by molar-refractivity contribution is 6.65. The van der Waals surface area contributed by atoms with Gasteiger partial charge in [-0.1, -0.05) is 17.7 Å². The van der Waals surface area contributed by atoms with Crippen molar-refractivity contribution in [2.45, 2.75) is 12.6 Å². The maximum atomic E-state index is 12.3. The highest BCUT2D eigenvalue weighted by Crippen LogP contribution is 2.37. The third kappa shape index (κ3) is 2.32. The van der Waals surface area contributed by atoms with E-state index >= 15 is 0 Å². The number of carbonyl (C=O) groups is 1. The minimum absolute atomic E-state index is 0.0332. The fourth-order valence-electron chi connectivity index (χ4n) is 1.07. The molecule has 1 radical (unpaired) electrons. The number of hydrogen-bond acceptors (Lipinski definition) is 2. The van der Waals surface area contributed by atoms with E-state index in [-0.39, 0.29) is 17.2 Å². The summed E-state index contributed by atoms with van der Waals surface area (Å²) >= 11 is 5.54. The predicted molar refractivity (Wildman–Crippen MR) is 47.3 cm³/mol. The van der Waals surface area contributed by atoms with Gasteiger partial charge in [-0.2, -0.15) is 13.2 Å². The second kappa shape index (κ2) is 4.08. The summed E-state index contributed by atoms with van der Waals surface area (Å²) in [5, 5.41) is 2.26. The summed E-state index contributed by atoms with van der Waals surface area (Å²) in [5.74, 6) is 0. The quantitative estimate of drug-likeness (QED) is 0.582. The Kier molecular flexibility index (Phi) is 3.26. The lowest BCUT2D eigenvalue weighted by Crippen LogP contribution is -2.26. The number of nitrogens with one attached hydrogen (secondary N) is 1. The van der Waals surface area contributed by atoms with Gasteiger partial charge < -0.3 is 10.0 Å². The van der Waals surface area contributed by atoms with Crippen molar-refractivity contribution in [3.63, 3.8) is 0 Å². The average Bonchev–Trinajstić information content (AvgIpc) is 2.42. The molecule has 0 aromatic heterocycles. The van der Waals surface area contributed by atoms with E-state index in [1.165, 1.54) is 0 Å². The zero-order valence-electron chi connectivity index (χ0n) is 6.86. The Hall–Kier alpha value is -0.905. The number of rotatable bonds is 3. The third-order valence-electron chi connectivity index (χ3n) is 1.63. The monoisotopic (exact) mass is 222 g/mol. The summed E-state index contributed by atoms with van der Waals surface area (Å²) < 4.78 is 36.9. The van der Waals surface area contributed by atoms with Gasteiger partial charge in [0.1, 0.15) is 6.19 Å². The van der Waals surface area contributed by atoms with Crippen LogP contribution in [0.3, 0.4) is 0 Å². The van der Waals surface area contributed by atoms with Crippen LogP contribution in [0.2, 0.25) is 0 Å². The van der Waals surface area contributed by atoms with Crippen molar-refractivity contribution < 1.29 is 18.0 Å². The molecule has 0 unspecified atom stereocenters. The minimum Gasteiger partial charge on any atom is -0.424 e. The maximum Gasteiger partial charge on any atom is 0.418 e. The summed E-state index contributed by atoms with van der Waals surface area (Å²) in [6.07, 6.45) is -3.09. The maximum absolute atomic E-state index is 12.3. The molecule has 0 amide bonds. The zero-order chi connectivity index (χ0) is 10.8. The highest BCUT2D eigenvalue weighted by Gasteiger charge is 2.38. The SMILES string of the molecule is O=C[B]NC1=C(Cl)CC=C1C(F)(F)F. The molecular formula is C7H5BClF3NO.